The Morgan fingerprint density at radius 1 is 0.908 bits per heavy atom. The normalized spacial score (nSPS) is 43.4. The van der Waals surface area contributed by atoms with Gasteiger partial charge in [-0.15, -0.1) is 11.8 Å². The summed E-state index contributed by atoms with van der Waals surface area (Å²) in [5.74, 6) is -4.30. The summed E-state index contributed by atoms with van der Waals surface area (Å²) in [5, 5.41) is 25.6. The number of fused-ring (bicyclic) bond motifs is 1. The maximum atomic E-state index is 15.0. The number of nitrogens with one attached hydrogen (secondary N) is 1. The zero-order chi connectivity index (χ0) is 48.2. The number of ether oxygens (including phenoxy) is 8. The van der Waals surface area contributed by atoms with Crippen molar-refractivity contribution in [3.63, 3.8) is 0 Å². The quantitative estimate of drug-likeness (QED) is 0.174. The molecule has 1 aromatic rings. The monoisotopic (exact) mass is 938 g/mol. The van der Waals surface area contributed by atoms with Crippen molar-refractivity contribution in [2.75, 3.05) is 40.6 Å². The summed E-state index contributed by atoms with van der Waals surface area (Å²) in [6.45, 7) is 19.5. The molecule has 0 radical (unpaired) electrons. The number of carbonyl (C=O) groups is 3. The van der Waals surface area contributed by atoms with Gasteiger partial charge in [0.05, 0.1) is 41.5 Å². The Bertz CT molecular complexity index is 1730. The van der Waals surface area contributed by atoms with Crippen LogP contribution in [0.1, 0.15) is 100 Å². The largest absolute Gasteiger partial charge is 0.458 e. The lowest BCUT2D eigenvalue weighted by Crippen LogP contribution is -2.61. The van der Waals surface area contributed by atoms with Crippen LogP contribution in [-0.2, 0) is 58.8 Å². The maximum absolute atomic E-state index is 15.0. The molecule has 19 atom stereocenters. The van der Waals surface area contributed by atoms with Gasteiger partial charge in [-0.25, -0.2) is 0 Å². The molecule has 0 spiro atoms. The first kappa shape index (κ1) is 53.7. The molecular weight excluding hydrogens is 859 g/mol. The van der Waals surface area contributed by atoms with Crippen LogP contribution in [0.25, 0.3) is 0 Å². The molecule has 4 fully saturated rings. The van der Waals surface area contributed by atoms with E-state index in [1.807, 2.05) is 72.7 Å². The van der Waals surface area contributed by atoms with Crippen LogP contribution < -0.4 is 5.32 Å². The van der Waals surface area contributed by atoms with Crippen LogP contribution >= 0.6 is 11.8 Å². The van der Waals surface area contributed by atoms with E-state index in [9.17, 15) is 19.8 Å². The second-order valence-corrected chi connectivity index (χ2v) is 21.2. The summed E-state index contributed by atoms with van der Waals surface area (Å²) in [6, 6.07) is 3.59. The van der Waals surface area contributed by atoms with Gasteiger partial charge in [-0.2, -0.15) is 0 Å². The number of cyclic esters (lactones) is 1. The molecule has 0 aromatic carbocycles. The van der Waals surface area contributed by atoms with Crippen LogP contribution in [-0.4, -0.2) is 162 Å². The average molecular weight is 938 g/mol. The van der Waals surface area contributed by atoms with Crippen LogP contribution in [0, 0.1) is 29.6 Å². The first-order chi connectivity index (χ1) is 30.5. The van der Waals surface area contributed by atoms with E-state index in [1.165, 1.54) is 18.9 Å². The summed E-state index contributed by atoms with van der Waals surface area (Å²) in [4.78, 5) is 50.0. The predicted molar refractivity (Wildman–Crippen MR) is 245 cm³/mol. The Kier molecular flexibility index (Phi) is 18.5. The molecule has 3 N–H and O–H groups in total. The lowest BCUT2D eigenvalue weighted by Gasteiger charge is -2.50. The molecule has 3 unspecified atom stereocenters. The number of likely N-dealkylation sites (N-methyl/N-ethyl adjacent to an activating group) is 1. The first-order valence-electron chi connectivity index (χ1n) is 23.5. The van der Waals surface area contributed by atoms with Gasteiger partial charge >= 0.3 is 11.9 Å². The lowest BCUT2D eigenvalue weighted by atomic mass is 9.70. The minimum Gasteiger partial charge on any atom is -0.458 e. The van der Waals surface area contributed by atoms with Crippen molar-refractivity contribution < 1.29 is 62.5 Å². The number of aliphatic hydroxyl groups excluding tert-OH is 2. The molecule has 4 saturated heterocycles. The number of aromatic nitrogens is 1. The lowest BCUT2D eigenvalue weighted by molar-refractivity contribution is -0.319. The average Bonchev–Trinajstić information content (AvgIpc) is 3.53. The Hall–Kier alpha value is -2.29. The smallest absolute Gasteiger partial charge is 0.320 e. The number of rotatable bonds is 14. The summed E-state index contributed by atoms with van der Waals surface area (Å²) in [5.41, 5.74) is -2.55. The number of aliphatic hydroxyl groups is 2. The third-order valence-corrected chi connectivity index (χ3v) is 16.2. The van der Waals surface area contributed by atoms with Crippen LogP contribution in [0.3, 0.4) is 0 Å². The number of hydrogen-bond donors (Lipinski definition) is 3. The van der Waals surface area contributed by atoms with Crippen molar-refractivity contribution in [1.29, 1.82) is 0 Å². The minimum atomic E-state index is -1.35. The molecule has 16 nitrogen and oxygen atoms in total. The molecule has 5 heterocycles. The van der Waals surface area contributed by atoms with Gasteiger partial charge in [-0.05, 0) is 92.6 Å². The number of carbonyl (C=O) groups excluding carboxylic acids is 3. The molecule has 4 aliphatic rings. The number of hydrogen-bond acceptors (Lipinski definition) is 17. The van der Waals surface area contributed by atoms with Crippen molar-refractivity contribution in [3.8, 4) is 0 Å². The van der Waals surface area contributed by atoms with Crippen LogP contribution in [0.15, 0.2) is 24.5 Å². The number of thioether (sulfide) groups is 1. The number of pyridine rings is 1. The van der Waals surface area contributed by atoms with Gasteiger partial charge < -0.3 is 58.3 Å². The van der Waals surface area contributed by atoms with E-state index >= 15 is 4.79 Å². The number of ketones is 1. The molecule has 370 valence electrons. The maximum Gasteiger partial charge on any atom is 0.320 e. The van der Waals surface area contributed by atoms with Crippen molar-refractivity contribution >= 4 is 29.5 Å². The van der Waals surface area contributed by atoms with Gasteiger partial charge in [-0.1, -0.05) is 27.7 Å². The summed E-state index contributed by atoms with van der Waals surface area (Å²) < 4.78 is 51.6. The fraction of sp³-hybridized carbons (Fsp3) is 0.833. The molecule has 5 rings (SSSR count). The SMILES string of the molecule is CC[C@H]1OC(=O)[C@H](C)[C@@H](O[C@H]2C[C@@](C)(OC)[C@@H](O)[C@@H](C)O2)[C@H](C)[C@@H](O[C@@H]2O[C@H](C)C[C@H](N(C)C)[C@H]2O)[C@](C)(OC)C[C@@H](C)C(=O)C(C)C2C(SCCNCc3ccncc3)C(=O)O[C@@]21C. The molecule has 0 bridgehead atoms. The van der Waals surface area contributed by atoms with Crippen molar-refractivity contribution in [3.05, 3.63) is 30.1 Å². The third kappa shape index (κ3) is 11.8. The van der Waals surface area contributed by atoms with E-state index < -0.39 is 113 Å². The molecule has 4 aliphatic heterocycles. The highest BCUT2D eigenvalue weighted by Gasteiger charge is 2.62. The van der Waals surface area contributed by atoms with Gasteiger partial charge in [-0.3, -0.25) is 19.4 Å². The van der Waals surface area contributed by atoms with E-state index in [0.29, 0.717) is 31.7 Å². The van der Waals surface area contributed by atoms with Crippen molar-refractivity contribution in [1.82, 2.24) is 15.2 Å². The Morgan fingerprint density at radius 3 is 2.18 bits per heavy atom. The van der Waals surface area contributed by atoms with Gasteiger partial charge in [0.25, 0.3) is 0 Å². The van der Waals surface area contributed by atoms with E-state index in [-0.39, 0.29) is 30.8 Å². The molecule has 65 heavy (non-hydrogen) atoms. The second kappa shape index (κ2) is 22.4. The van der Waals surface area contributed by atoms with E-state index in [2.05, 4.69) is 10.3 Å². The van der Waals surface area contributed by atoms with Gasteiger partial charge in [0, 0.05) is 81.6 Å². The van der Waals surface area contributed by atoms with Crippen molar-refractivity contribution in [2.45, 2.75) is 185 Å². The fourth-order valence-electron chi connectivity index (χ4n) is 10.9. The molecule has 0 saturated carbocycles. The second-order valence-electron chi connectivity index (χ2n) is 19.9. The topological polar surface area (TPSA) is 194 Å². The highest BCUT2D eigenvalue weighted by molar-refractivity contribution is 8.00. The van der Waals surface area contributed by atoms with Gasteiger partial charge in [0.15, 0.2) is 18.2 Å². The highest BCUT2D eigenvalue weighted by Crippen LogP contribution is 2.49. The summed E-state index contributed by atoms with van der Waals surface area (Å²) in [7, 11) is 6.88. The number of methoxy groups -OCH3 is 2. The fourth-order valence-corrected chi connectivity index (χ4v) is 12.3. The third-order valence-electron chi connectivity index (χ3n) is 14.9. The molecule has 17 heteroatoms. The number of Topliss-reactive ketones (excluding diaryl/α,β-unsaturated/α-hetero) is 1. The van der Waals surface area contributed by atoms with Gasteiger partial charge in [0.2, 0.25) is 0 Å². The van der Waals surface area contributed by atoms with E-state index in [0.717, 1.165) is 5.56 Å². The highest BCUT2D eigenvalue weighted by atomic mass is 32.2. The Balaban J connectivity index is 1.57. The summed E-state index contributed by atoms with van der Waals surface area (Å²) >= 11 is 1.44. The van der Waals surface area contributed by atoms with Crippen LogP contribution in [0.5, 0.6) is 0 Å². The van der Waals surface area contributed by atoms with Crippen LogP contribution in [0.2, 0.25) is 0 Å². The van der Waals surface area contributed by atoms with E-state index in [4.69, 9.17) is 37.9 Å². The molecule has 0 amide bonds. The molecular formula is C48H79N3O13S. The Morgan fingerprint density at radius 2 is 1.57 bits per heavy atom. The zero-order valence-electron chi connectivity index (χ0n) is 41.2. The number of esters is 2. The first-order valence-corrected chi connectivity index (χ1v) is 24.5. The zero-order valence-corrected chi connectivity index (χ0v) is 42.0. The van der Waals surface area contributed by atoms with Crippen LogP contribution in [0.4, 0.5) is 0 Å². The predicted octanol–water partition coefficient (Wildman–Crippen LogP) is 4.55. The minimum absolute atomic E-state index is 0.104. The van der Waals surface area contributed by atoms with Crippen molar-refractivity contribution in [2.24, 2.45) is 29.6 Å². The standard InChI is InChI=1S/C48H79N3O13S/c1-15-34-48(10)36(40(44(56)64-48)65-21-20-50-25-32-16-18-49-19-17-32)28(4)37(52)26(2)23-47(9,58-14)42(63-45-38(53)33(51(11)12)22-27(3)59-45)29(5)39(30(6)43(55)61-34)62-35-24-46(8,57-13)41(54)31(7)60-35/h16-19,26-31,33-36,38-42,45,50,53-54H,15,20-25H2,1-14H3/t26-,27-,28?,29+,30-,31-,33+,34-,35+,36?,38-,39+,40?,41+,42-,45+,46-,47-,48-/m1/s1. The summed E-state index contributed by atoms with van der Waals surface area (Å²) in [6.07, 6.45) is -3.24. The number of nitrogens with zero attached hydrogens (tertiary/aromatic N) is 2. The molecule has 0 aliphatic carbocycles. The van der Waals surface area contributed by atoms with E-state index in [1.54, 1.807) is 47.2 Å². The molecule has 1 aromatic heterocycles. The van der Waals surface area contributed by atoms with Gasteiger partial charge in [0.1, 0.15) is 29.3 Å². The Labute approximate surface area is 391 Å².